The van der Waals surface area contributed by atoms with E-state index in [1.54, 1.807) is 24.0 Å². The number of nitro groups is 1. The third kappa shape index (κ3) is 3.71. The highest BCUT2D eigenvalue weighted by atomic mass is 32.1. The molecular formula is C21H15F3N6O2S. The van der Waals surface area contributed by atoms with Crippen molar-refractivity contribution >= 4 is 28.5 Å². The minimum Gasteiger partial charge on any atom is -0.325 e. The SMILES string of the molecule is Cc1cc(-n2ccc(-c3nccs3)n2)c2c(n1)N(c1ccc([N+](=O)[O-])cc1C(F)(F)F)CC2. The second kappa shape index (κ2) is 7.66. The molecule has 0 unspecified atom stereocenters. The Morgan fingerprint density at radius 1 is 1.18 bits per heavy atom. The maximum absolute atomic E-state index is 13.8. The Kier molecular flexibility index (Phi) is 4.89. The molecule has 4 heterocycles. The van der Waals surface area contributed by atoms with Gasteiger partial charge in [-0.25, -0.2) is 14.6 Å². The van der Waals surface area contributed by atoms with Crippen molar-refractivity contribution in [3.8, 4) is 16.4 Å². The lowest BCUT2D eigenvalue weighted by atomic mass is 10.1. The molecule has 0 radical (unpaired) electrons. The van der Waals surface area contributed by atoms with Crippen LogP contribution in [0.25, 0.3) is 16.4 Å². The Morgan fingerprint density at radius 2 is 2.00 bits per heavy atom. The summed E-state index contributed by atoms with van der Waals surface area (Å²) in [5.74, 6) is 0.385. The highest BCUT2D eigenvalue weighted by Crippen LogP contribution is 2.44. The number of hydrogen-bond acceptors (Lipinski definition) is 7. The van der Waals surface area contributed by atoms with E-state index in [0.717, 1.165) is 28.4 Å². The van der Waals surface area contributed by atoms with Crippen molar-refractivity contribution < 1.29 is 18.1 Å². The van der Waals surface area contributed by atoms with Crippen molar-refractivity contribution in [1.29, 1.82) is 0 Å². The van der Waals surface area contributed by atoms with Crippen LogP contribution in [0.5, 0.6) is 0 Å². The van der Waals surface area contributed by atoms with Gasteiger partial charge in [-0.2, -0.15) is 18.3 Å². The molecule has 0 fully saturated rings. The predicted molar refractivity (Wildman–Crippen MR) is 116 cm³/mol. The van der Waals surface area contributed by atoms with Crippen LogP contribution < -0.4 is 4.90 Å². The molecule has 0 bridgehead atoms. The van der Waals surface area contributed by atoms with Crippen LogP contribution in [0.2, 0.25) is 0 Å². The smallest absolute Gasteiger partial charge is 0.325 e. The molecule has 0 N–H and O–H groups in total. The van der Waals surface area contributed by atoms with Gasteiger partial charge in [0.2, 0.25) is 0 Å². The van der Waals surface area contributed by atoms with E-state index >= 15 is 0 Å². The van der Waals surface area contributed by atoms with Gasteiger partial charge in [0, 0.05) is 47.7 Å². The second-order valence-corrected chi connectivity index (χ2v) is 8.32. The van der Waals surface area contributed by atoms with Crippen LogP contribution in [0.1, 0.15) is 16.8 Å². The van der Waals surface area contributed by atoms with Gasteiger partial charge in [0.1, 0.15) is 16.5 Å². The van der Waals surface area contributed by atoms with Gasteiger partial charge in [-0.3, -0.25) is 10.1 Å². The van der Waals surface area contributed by atoms with Crippen molar-refractivity contribution in [3.05, 3.63) is 75.0 Å². The molecule has 0 amide bonds. The van der Waals surface area contributed by atoms with Crippen molar-refractivity contribution in [2.24, 2.45) is 0 Å². The van der Waals surface area contributed by atoms with E-state index in [9.17, 15) is 23.3 Å². The Morgan fingerprint density at radius 3 is 2.70 bits per heavy atom. The standard InChI is InChI=1S/C21H15F3N6O2S/c1-12-10-18(29-8-5-16(27-29)20-25-6-9-33-20)14-4-7-28(19(14)26-12)17-3-2-13(30(31)32)11-15(17)21(22,23)24/h2-3,5-6,8-11H,4,7H2,1H3. The van der Waals surface area contributed by atoms with Gasteiger partial charge in [-0.05, 0) is 31.5 Å². The largest absolute Gasteiger partial charge is 0.418 e. The third-order valence-corrected chi connectivity index (χ3v) is 6.12. The Balaban J connectivity index is 1.61. The summed E-state index contributed by atoms with van der Waals surface area (Å²) in [7, 11) is 0. The van der Waals surface area contributed by atoms with Crippen molar-refractivity contribution in [1.82, 2.24) is 19.7 Å². The second-order valence-electron chi connectivity index (χ2n) is 7.43. The quantitative estimate of drug-likeness (QED) is 0.295. The number of aryl methyl sites for hydroxylation is 1. The number of anilines is 2. The molecule has 1 aliphatic heterocycles. The van der Waals surface area contributed by atoms with Crippen LogP contribution in [0, 0.1) is 17.0 Å². The zero-order chi connectivity index (χ0) is 23.3. The summed E-state index contributed by atoms with van der Waals surface area (Å²) in [6, 6.07) is 6.44. The maximum Gasteiger partial charge on any atom is 0.418 e. The van der Waals surface area contributed by atoms with E-state index in [0.29, 0.717) is 29.7 Å². The number of pyridine rings is 1. The fraction of sp³-hybridized carbons (Fsp3) is 0.190. The molecule has 0 aliphatic carbocycles. The molecule has 12 heteroatoms. The van der Waals surface area contributed by atoms with Gasteiger partial charge in [-0.1, -0.05) is 0 Å². The highest BCUT2D eigenvalue weighted by Gasteiger charge is 2.39. The number of thiazole rings is 1. The molecule has 1 aliphatic rings. The number of fused-ring (bicyclic) bond motifs is 1. The number of halogens is 3. The summed E-state index contributed by atoms with van der Waals surface area (Å²) < 4.78 is 43.1. The van der Waals surface area contributed by atoms with E-state index in [1.165, 1.54) is 16.2 Å². The van der Waals surface area contributed by atoms with E-state index in [2.05, 4.69) is 15.1 Å². The monoisotopic (exact) mass is 472 g/mol. The fourth-order valence-electron chi connectivity index (χ4n) is 3.92. The first-order valence-corrected chi connectivity index (χ1v) is 10.7. The van der Waals surface area contributed by atoms with Crippen molar-refractivity contribution in [3.63, 3.8) is 0 Å². The molecular weight excluding hydrogens is 457 g/mol. The zero-order valence-corrected chi connectivity index (χ0v) is 17.9. The minimum atomic E-state index is -4.76. The van der Waals surface area contributed by atoms with Crippen LogP contribution in [-0.2, 0) is 12.6 Å². The van der Waals surface area contributed by atoms with Gasteiger partial charge in [0.25, 0.3) is 5.69 Å². The fourth-order valence-corrected chi connectivity index (χ4v) is 4.52. The topological polar surface area (TPSA) is 90.0 Å². The third-order valence-electron chi connectivity index (χ3n) is 5.32. The predicted octanol–water partition coefficient (Wildman–Crippen LogP) is 5.32. The molecule has 8 nitrogen and oxygen atoms in total. The number of nitrogens with zero attached hydrogens (tertiary/aromatic N) is 6. The number of alkyl halides is 3. The number of rotatable bonds is 4. The summed E-state index contributed by atoms with van der Waals surface area (Å²) in [5.41, 5.74) is 0.920. The van der Waals surface area contributed by atoms with E-state index in [4.69, 9.17) is 0 Å². The molecule has 168 valence electrons. The Labute approximate surface area is 189 Å². The summed E-state index contributed by atoms with van der Waals surface area (Å²) in [4.78, 5) is 20.4. The van der Waals surface area contributed by atoms with Gasteiger partial charge >= 0.3 is 6.18 Å². The van der Waals surface area contributed by atoms with Crippen LogP contribution >= 0.6 is 11.3 Å². The number of non-ortho nitro benzene ring substituents is 1. The number of hydrogen-bond donors (Lipinski definition) is 0. The molecule has 33 heavy (non-hydrogen) atoms. The van der Waals surface area contributed by atoms with Crippen molar-refractivity contribution in [2.45, 2.75) is 19.5 Å². The summed E-state index contributed by atoms with van der Waals surface area (Å²) in [5, 5.41) is 18.2. The molecule has 0 saturated carbocycles. The van der Waals surface area contributed by atoms with Crippen LogP contribution in [-0.4, -0.2) is 31.2 Å². The first kappa shape index (κ1) is 21.1. The van der Waals surface area contributed by atoms with Crippen LogP contribution in [0.4, 0.5) is 30.4 Å². The Bertz CT molecular complexity index is 1370. The summed E-state index contributed by atoms with van der Waals surface area (Å²) >= 11 is 1.46. The maximum atomic E-state index is 13.8. The molecule has 0 saturated heterocycles. The van der Waals surface area contributed by atoms with Crippen molar-refractivity contribution in [2.75, 3.05) is 11.4 Å². The lowest BCUT2D eigenvalue weighted by Crippen LogP contribution is -2.20. The summed E-state index contributed by atoms with van der Waals surface area (Å²) in [6.45, 7) is 2.01. The highest BCUT2D eigenvalue weighted by molar-refractivity contribution is 7.13. The molecule has 3 aromatic heterocycles. The van der Waals surface area contributed by atoms with E-state index in [1.807, 2.05) is 17.5 Å². The first-order chi connectivity index (χ1) is 15.7. The normalized spacial score (nSPS) is 13.4. The average molecular weight is 472 g/mol. The molecule has 1 aromatic carbocycles. The molecule has 4 aromatic rings. The lowest BCUT2D eigenvalue weighted by molar-refractivity contribution is -0.385. The van der Waals surface area contributed by atoms with E-state index in [-0.39, 0.29) is 12.2 Å². The zero-order valence-electron chi connectivity index (χ0n) is 17.1. The van der Waals surface area contributed by atoms with Crippen LogP contribution in [0.3, 0.4) is 0 Å². The number of benzene rings is 1. The van der Waals surface area contributed by atoms with Gasteiger partial charge in [0.15, 0.2) is 0 Å². The molecule has 0 atom stereocenters. The number of nitro benzene ring substituents is 1. The molecule has 5 rings (SSSR count). The molecule has 0 spiro atoms. The minimum absolute atomic E-state index is 0.167. The van der Waals surface area contributed by atoms with Gasteiger partial charge in [-0.15, -0.1) is 11.3 Å². The van der Waals surface area contributed by atoms with E-state index < -0.39 is 22.4 Å². The average Bonchev–Trinajstić information content (AvgIpc) is 3.51. The number of aromatic nitrogens is 4. The Hall–Kier alpha value is -3.80. The summed E-state index contributed by atoms with van der Waals surface area (Å²) in [6.07, 6.45) is -0.852. The lowest BCUT2D eigenvalue weighted by Gasteiger charge is -2.23. The van der Waals surface area contributed by atoms with Gasteiger partial charge in [0.05, 0.1) is 21.9 Å². The van der Waals surface area contributed by atoms with Gasteiger partial charge < -0.3 is 4.90 Å². The van der Waals surface area contributed by atoms with Crippen LogP contribution in [0.15, 0.2) is 48.1 Å². The first-order valence-electron chi connectivity index (χ1n) is 9.82.